The van der Waals surface area contributed by atoms with Gasteiger partial charge in [-0.25, -0.2) is 0 Å². The highest BCUT2D eigenvalue weighted by Crippen LogP contribution is 2.59. The second kappa shape index (κ2) is 9.96. The van der Waals surface area contributed by atoms with Crippen molar-refractivity contribution in [1.82, 2.24) is 0 Å². The molecule has 164 valence electrons. The SMILES string of the molecule is C=C1CC[C@@H](O)C/C1=C/C=C1\CCC[C@]2(C)[C@@H]([C@H](C)CCCC(C)CO)CC[C@@H]12. The van der Waals surface area contributed by atoms with E-state index >= 15 is 0 Å². The fourth-order valence-electron chi connectivity index (χ4n) is 6.69. The third-order valence-electron chi connectivity index (χ3n) is 8.58. The van der Waals surface area contributed by atoms with E-state index in [1.54, 1.807) is 5.57 Å². The van der Waals surface area contributed by atoms with E-state index in [4.69, 9.17) is 0 Å². The van der Waals surface area contributed by atoms with E-state index in [9.17, 15) is 10.2 Å². The molecular weight excluding hydrogens is 356 g/mol. The predicted octanol–water partition coefficient (Wildman–Crippen LogP) is 6.59. The van der Waals surface area contributed by atoms with Crippen LogP contribution in [-0.4, -0.2) is 22.9 Å². The molecule has 3 aliphatic rings. The Bertz CT molecular complexity index is 630. The zero-order chi connectivity index (χ0) is 21.0. The monoisotopic (exact) mass is 400 g/mol. The lowest BCUT2D eigenvalue weighted by atomic mass is 9.60. The number of aliphatic hydroxyl groups excluding tert-OH is 2. The quantitative estimate of drug-likeness (QED) is 0.506. The van der Waals surface area contributed by atoms with Crippen molar-refractivity contribution in [3.63, 3.8) is 0 Å². The van der Waals surface area contributed by atoms with Crippen LogP contribution in [0.4, 0.5) is 0 Å². The first-order valence-corrected chi connectivity index (χ1v) is 12.2. The highest BCUT2D eigenvalue weighted by Gasteiger charge is 2.50. The predicted molar refractivity (Wildman–Crippen MR) is 123 cm³/mol. The zero-order valence-electron chi connectivity index (χ0n) is 19.1. The molecular formula is C27H44O2. The Morgan fingerprint density at radius 3 is 2.69 bits per heavy atom. The lowest BCUT2D eigenvalue weighted by Crippen LogP contribution is -2.36. The molecule has 0 aromatic carbocycles. The number of hydrogen-bond donors (Lipinski definition) is 2. The highest BCUT2D eigenvalue weighted by atomic mass is 16.3. The molecule has 6 atom stereocenters. The Morgan fingerprint density at radius 2 is 1.93 bits per heavy atom. The van der Waals surface area contributed by atoms with E-state index in [2.05, 4.69) is 39.5 Å². The van der Waals surface area contributed by atoms with Gasteiger partial charge in [0.25, 0.3) is 0 Å². The first kappa shape index (κ1) is 22.8. The van der Waals surface area contributed by atoms with E-state index in [1.165, 1.54) is 56.1 Å². The number of fused-ring (bicyclic) bond motifs is 1. The average molecular weight is 401 g/mol. The van der Waals surface area contributed by atoms with Crippen LogP contribution >= 0.6 is 0 Å². The molecule has 0 aromatic rings. The van der Waals surface area contributed by atoms with Gasteiger partial charge >= 0.3 is 0 Å². The number of allylic oxidation sites excluding steroid dienone is 4. The minimum Gasteiger partial charge on any atom is -0.396 e. The van der Waals surface area contributed by atoms with Crippen LogP contribution in [0.3, 0.4) is 0 Å². The van der Waals surface area contributed by atoms with Crippen molar-refractivity contribution in [2.45, 2.75) is 97.5 Å². The molecule has 1 unspecified atom stereocenters. The molecule has 2 N–H and O–H groups in total. The molecule has 2 nitrogen and oxygen atoms in total. The molecule has 0 radical (unpaired) electrons. The molecule has 0 spiro atoms. The van der Waals surface area contributed by atoms with Crippen molar-refractivity contribution in [2.75, 3.05) is 6.61 Å². The minimum atomic E-state index is -0.188. The molecule has 0 saturated heterocycles. The molecule has 0 bridgehead atoms. The third kappa shape index (κ3) is 5.25. The maximum atomic E-state index is 10.0. The van der Waals surface area contributed by atoms with Gasteiger partial charge in [-0.2, -0.15) is 0 Å². The third-order valence-corrected chi connectivity index (χ3v) is 8.58. The van der Waals surface area contributed by atoms with Crippen LogP contribution in [0.25, 0.3) is 0 Å². The summed E-state index contributed by atoms with van der Waals surface area (Å²) in [5, 5.41) is 19.3. The molecule has 29 heavy (non-hydrogen) atoms. The van der Waals surface area contributed by atoms with Crippen LogP contribution in [-0.2, 0) is 0 Å². The fourth-order valence-corrected chi connectivity index (χ4v) is 6.69. The fraction of sp³-hybridized carbons (Fsp3) is 0.778. The summed E-state index contributed by atoms with van der Waals surface area (Å²) in [7, 11) is 0. The standard InChI is InChI=1S/C27H44O2/c1-19(18-28)7-5-8-21(3)25-14-15-26-22(9-6-16-27(25,26)4)11-12-23-17-24(29)13-10-20(23)2/h11-12,19,21,24-26,28-29H,2,5-10,13-18H2,1,3-4H3/b22-11+,23-12-/t19?,21-,24-,25-,26+,27-/m1/s1. The smallest absolute Gasteiger partial charge is 0.0583 e. The van der Waals surface area contributed by atoms with Gasteiger partial charge in [-0.1, -0.05) is 63.5 Å². The lowest BCUT2D eigenvalue weighted by molar-refractivity contribution is 0.0922. The molecule has 3 aliphatic carbocycles. The van der Waals surface area contributed by atoms with Crippen molar-refractivity contribution in [2.24, 2.45) is 29.1 Å². The van der Waals surface area contributed by atoms with Gasteiger partial charge in [-0.3, -0.25) is 0 Å². The molecule has 2 heteroatoms. The van der Waals surface area contributed by atoms with Crippen LogP contribution < -0.4 is 0 Å². The topological polar surface area (TPSA) is 40.5 Å². The maximum absolute atomic E-state index is 10.0. The van der Waals surface area contributed by atoms with Crippen molar-refractivity contribution in [3.8, 4) is 0 Å². The summed E-state index contributed by atoms with van der Waals surface area (Å²) < 4.78 is 0. The second-order valence-corrected chi connectivity index (χ2v) is 10.7. The normalized spacial score (nSPS) is 37.7. The van der Waals surface area contributed by atoms with Crippen LogP contribution in [0.1, 0.15) is 91.4 Å². The molecule has 3 rings (SSSR count). The van der Waals surface area contributed by atoms with Gasteiger partial charge in [-0.05, 0) is 92.4 Å². The highest BCUT2D eigenvalue weighted by molar-refractivity contribution is 5.36. The maximum Gasteiger partial charge on any atom is 0.0583 e. The summed E-state index contributed by atoms with van der Waals surface area (Å²) in [5.41, 5.74) is 4.60. The Morgan fingerprint density at radius 1 is 1.14 bits per heavy atom. The van der Waals surface area contributed by atoms with Gasteiger partial charge in [0.15, 0.2) is 0 Å². The van der Waals surface area contributed by atoms with Crippen LogP contribution in [0, 0.1) is 29.1 Å². The van der Waals surface area contributed by atoms with E-state index in [1.807, 2.05) is 0 Å². The first-order valence-electron chi connectivity index (χ1n) is 12.2. The van der Waals surface area contributed by atoms with Gasteiger partial charge in [0.2, 0.25) is 0 Å². The van der Waals surface area contributed by atoms with Gasteiger partial charge < -0.3 is 10.2 Å². The molecule has 0 aromatic heterocycles. The minimum absolute atomic E-state index is 0.188. The number of hydrogen-bond acceptors (Lipinski definition) is 2. The Kier molecular flexibility index (Phi) is 7.84. The summed E-state index contributed by atoms with van der Waals surface area (Å²) in [6.45, 7) is 11.8. The van der Waals surface area contributed by atoms with E-state index in [0.717, 1.165) is 43.4 Å². The summed E-state index contributed by atoms with van der Waals surface area (Å²) >= 11 is 0. The van der Waals surface area contributed by atoms with Crippen molar-refractivity contribution in [3.05, 3.63) is 35.5 Å². The molecule has 0 aliphatic heterocycles. The molecule has 3 fully saturated rings. The zero-order valence-corrected chi connectivity index (χ0v) is 19.1. The number of rotatable bonds is 7. The van der Waals surface area contributed by atoms with E-state index < -0.39 is 0 Å². The summed E-state index contributed by atoms with van der Waals surface area (Å²) in [5.74, 6) is 2.79. The molecule has 0 heterocycles. The number of aliphatic hydroxyl groups is 2. The Labute approximate surface area is 179 Å². The summed E-state index contributed by atoms with van der Waals surface area (Å²) in [6.07, 6.45) is 17.5. The Hall–Kier alpha value is -0.860. The van der Waals surface area contributed by atoms with Gasteiger partial charge in [0, 0.05) is 6.61 Å². The van der Waals surface area contributed by atoms with Gasteiger partial charge in [0.05, 0.1) is 6.10 Å². The Balaban J connectivity index is 1.67. The summed E-state index contributed by atoms with van der Waals surface area (Å²) in [4.78, 5) is 0. The average Bonchev–Trinajstić information content (AvgIpc) is 3.06. The van der Waals surface area contributed by atoms with Crippen molar-refractivity contribution >= 4 is 0 Å². The largest absolute Gasteiger partial charge is 0.396 e. The van der Waals surface area contributed by atoms with Crippen molar-refractivity contribution < 1.29 is 10.2 Å². The second-order valence-electron chi connectivity index (χ2n) is 10.7. The molecule has 0 amide bonds. The van der Waals surface area contributed by atoms with Crippen LogP contribution in [0.15, 0.2) is 35.5 Å². The van der Waals surface area contributed by atoms with Crippen LogP contribution in [0.5, 0.6) is 0 Å². The van der Waals surface area contributed by atoms with Crippen LogP contribution in [0.2, 0.25) is 0 Å². The van der Waals surface area contributed by atoms with E-state index in [0.29, 0.717) is 17.9 Å². The molecule has 3 saturated carbocycles. The first-order chi connectivity index (χ1) is 13.8. The van der Waals surface area contributed by atoms with E-state index in [-0.39, 0.29) is 6.10 Å². The van der Waals surface area contributed by atoms with Gasteiger partial charge in [-0.15, -0.1) is 0 Å². The van der Waals surface area contributed by atoms with Crippen molar-refractivity contribution in [1.29, 1.82) is 0 Å². The van der Waals surface area contributed by atoms with Gasteiger partial charge in [0.1, 0.15) is 0 Å². The lowest BCUT2D eigenvalue weighted by Gasteiger charge is -2.44. The summed E-state index contributed by atoms with van der Waals surface area (Å²) in [6, 6.07) is 0.